The van der Waals surface area contributed by atoms with Gasteiger partial charge in [0, 0.05) is 0 Å². The lowest BCUT2D eigenvalue weighted by atomic mass is 10.1. The number of carboxylic acid groups (broad SMARTS) is 1. The lowest BCUT2D eigenvalue weighted by Gasteiger charge is -2.23. The number of fused-ring (bicyclic) bond motifs is 5. The van der Waals surface area contributed by atoms with Gasteiger partial charge in [0.25, 0.3) is 5.84 Å². The van der Waals surface area contributed by atoms with Gasteiger partial charge < -0.3 is 5.11 Å². The number of rotatable bonds is 0. The Labute approximate surface area is 118 Å². The second-order valence-electron chi connectivity index (χ2n) is 4.98. The largest absolute Gasteiger partial charge is 0.525 e. The number of amides is 1. The lowest BCUT2D eigenvalue weighted by molar-refractivity contribution is -0.722. The van der Waals surface area contributed by atoms with Crippen molar-refractivity contribution in [3.8, 4) is 5.69 Å². The summed E-state index contributed by atoms with van der Waals surface area (Å²) in [4.78, 5) is 20.1. The monoisotopic (exact) mass is 285 g/mol. The van der Waals surface area contributed by atoms with E-state index in [-0.39, 0.29) is 6.54 Å². The Morgan fingerprint density at radius 1 is 1.43 bits per heavy atom. The summed E-state index contributed by atoms with van der Waals surface area (Å²) in [6.45, 7) is 0.168. The molecule has 4 rings (SSSR count). The van der Waals surface area contributed by atoms with Gasteiger partial charge in [0.05, 0.1) is 35.7 Å². The standard InChI is InChI=1S/C14H9FN4O2/c15-9-1-2-11-12(5-9)18-8-16-6-10(18)7-19(14(20)21)4-3-17-13(11)19/h1-6,8H,7H2/p+1. The average Bonchev–Trinajstić information content (AvgIpc) is 3.05. The predicted octanol–water partition coefficient (Wildman–Crippen LogP) is 2.25. The molecule has 1 atom stereocenters. The molecule has 1 N–H and O–H groups in total. The zero-order valence-corrected chi connectivity index (χ0v) is 10.8. The van der Waals surface area contributed by atoms with Crippen LogP contribution in [0.3, 0.4) is 0 Å². The highest BCUT2D eigenvalue weighted by molar-refractivity contribution is 6.03. The third-order valence-corrected chi connectivity index (χ3v) is 3.82. The van der Waals surface area contributed by atoms with Crippen molar-refractivity contribution in [2.24, 2.45) is 4.99 Å². The van der Waals surface area contributed by atoms with E-state index in [1.54, 1.807) is 23.2 Å². The smallest absolute Gasteiger partial charge is 0.435 e. The normalized spacial score (nSPS) is 22.0. The fourth-order valence-corrected chi connectivity index (χ4v) is 2.83. The second kappa shape index (κ2) is 3.86. The van der Waals surface area contributed by atoms with Crippen LogP contribution in [0.2, 0.25) is 0 Å². The van der Waals surface area contributed by atoms with Gasteiger partial charge in [-0.3, -0.25) is 4.57 Å². The maximum atomic E-state index is 13.6. The van der Waals surface area contributed by atoms with Crippen molar-refractivity contribution in [1.29, 1.82) is 0 Å². The third kappa shape index (κ3) is 1.46. The van der Waals surface area contributed by atoms with Crippen LogP contribution in [0.5, 0.6) is 0 Å². The number of amidine groups is 1. The van der Waals surface area contributed by atoms with E-state index in [1.807, 2.05) is 0 Å². The molecular weight excluding hydrogens is 275 g/mol. The van der Waals surface area contributed by atoms with Gasteiger partial charge >= 0.3 is 6.09 Å². The van der Waals surface area contributed by atoms with Crippen molar-refractivity contribution in [3.05, 3.63) is 60.2 Å². The molecule has 2 aliphatic heterocycles. The molecule has 0 saturated heterocycles. The fraction of sp³-hybridized carbons (Fsp3) is 0.0714. The van der Waals surface area contributed by atoms with E-state index in [0.29, 0.717) is 22.8 Å². The molecule has 6 nitrogen and oxygen atoms in total. The van der Waals surface area contributed by atoms with Crippen LogP contribution in [-0.2, 0) is 6.54 Å². The number of hydrogen-bond donors (Lipinski definition) is 1. The Morgan fingerprint density at radius 3 is 3.10 bits per heavy atom. The van der Waals surface area contributed by atoms with E-state index in [2.05, 4.69) is 9.98 Å². The molecule has 0 fully saturated rings. The van der Waals surface area contributed by atoms with Crippen molar-refractivity contribution < 1.29 is 18.8 Å². The molecule has 2 aliphatic rings. The molecule has 1 aromatic heterocycles. The second-order valence-corrected chi connectivity index (χ2v) is 4.98. The summed E-state index contributed by atoms with van der Waals surface area (Å²) in [6.07, 6.45) is 5.11. The minimum atomic E-state index is -1.03. The molecule has 0 spiro atoms. The van der Waals surface area contributed by atoms with Gasteiger partial charge in [-0.25, -0.2) is 9.37 Å². The van der Waals surface area contributed by atoms with E-state index >= 15 is 0 Å². The van der Waals surface area contributed by atoms with Gasteiger partial charge in [-0.05, 0) is 18.2 Å². The van der Waals surface area contributed by atoms with Gasteiger partial charge in [0.2, 0.25) is 0 Å². The molecule has 1 amide bonds. The summed E-state index contributed by atoms with van der Waals surface area (Å²) >= 11 is 0. The Kier molecular flexibility index (Phi) is 2.20. The number of benzene rings is 1. The molecule has 2 aromatic rings. The summed E-state index contributed by atoms with van der Waals surface area (Å²) in [5.74, 6) is -0.0171. The van der Waals surface area contributed by atoms with Crippen molar-refractivity contribution in [1.82, 2.24) is 9.55 Å². The van der Waals surface area contributed by atoms with E-state index < -0.39 is 16.4 Å². The summed E-state index contributed by atoms with van der Waals surface area (Å²) in [5, 5.41) is 9.70. The first-order valence-electron chi connectivity index (χ1n) is 6.31. The van der Waals surface area contributed by atoms with Crippen LogP contribution in [0, 0.1) is 5.82 Å². The minimum Gasteiger partial charge on any atom is -0.435 e. The SMILES string of the molecule is O=C(O)[N+]12C=CN=C1c1ccc(F)cc1-n1cncc1C2. The van der Waals surface area contributed by atoms with Crippen LogP contribution in [-0.4, -0.2) is 31.1 Å². The molecule has 1 unspecified atom stereocenters. The number of quaternary nitrogens is 1. The van der Waals surface area contributed by atoms with Crippen LogP contribution in [0.4, 0.5) is 9.18 Å². The first kappa shape index (κ1) is 12.0. The van der Waals surface area contributed by atoms with E-state index in [9.17, 15) is 14.3 Å². The molecule has 0 aliphatic carbocycles. The number of halogens is 1. The van der Waals surface area contributed by atoms with Crippen LogP contribution in [0.1, 0.15) is 11.3 Å². The Morgan fingerprint density at radius 2 is 2.29 bits per heavy atom. The summed E-state index contributed by atoms with van der Waals surface area (Å²) < 4.78 is 14.9. The molecule has 0 saturated carbocycles. The summed E-state index contributed by atoms with van der Waals surface area (Å²) in [7, 11) is 0. The quantitative estimate of drug-likeness (QED) is 0.755. The van der Waals surface area contributed by atoms with Crippen molar-refractivity contribution >= 4 is 11.9 Å². The molecule has 104 valence electrons. The molecule has 1 aromatic carbocycles. The van der Waals surface area contributed by atoms with Crippen LogP contribution in [0.15, 0.2) is 48.1 Å². The van der Waals surface area contributed by atoms with Gasteiger partial charge in [-0.1, -0.05) is 0 Å². The van der Waals surface area contributed by atoms with E-state index in [1.165, 1.54) is 24.5 Å². The Balaban J connectivity index is 2.09. The highest BCUT2D eigenvalue weighted by Gasteiger charge is 2.48. The summed E-state index contributed by atoms with van der Waals surface area (Å²) in [6, 6.07) is 4.23. The maximum absolute atomic E-state index is 13.6. The zero-order valence-electron chi connectivity index (χ0n) is 10.8. The van der Waals surface area contributed by atoms with Crippen molar-refractivity contribution in [2.75, 3.05) is 0 Å². The minimum absolute atomic E-state index is 0.168. The van der Waals surface area contributed by atoms with E-state index in [0.717, 1.165) is 0 Å². The van der Waals surface area contributed by atoms with E-state index in [4.69, 9.17) is 0 Å². The number of imidazole rings is 1. The molecular formula is C14H10FN4O2+. The molecule has 0 bridgehead atoms. The van der Waals surface area contributed by atoms with Crippen molar-refractivity contribution in [3.63, 3.8) is 0 Å². The third-order valence-electron chi connectivity index (χ3n) is 3.82. The van der Waals surface area contributed by atoms with Crippen molar-refractivity contribution in [2.45, 2.75) is 6.54 Å². The Bertz CT molecular complexity index is 839. The van der Waals surface area contributed by atoms with Crippen LogP contribution < -0.4 is 0 Å². The fourth-order valence-electron chi connectivity index (χ4n) is 2.83. The first-order valence-corrected chi connectivity index (χ1v) is 6.31. The van der Waals surface area contributed by atoms with Gasteiger partial charge in [0.1, 0.15) is 18.6 Å². The van der Waals surface area contributed by atoms with Crippen LogP contribution in [0.25, 0.3) is 5.69 Å². The lowest BCUT2D eigenvalue weighted by Crippen LogP contribution is -2.49. The summed E-state index contributed by atoms with van der Waals surface area (Å²) in [5.41, 5.74) is 1.81. The van der Waals surface area contributed by atoms with Crippen LogP contribution >= 0.6 is 0 Å². The molecule has 21 heavy (non-hydrogen) atoms. The zero-order chi connectivity index (χ0) is 14.6. The first-order chi connectivity index (χ1) is 10.1. The average molecular weight is 285 g/mol. The highest BCUT2D eigenvalue weighted by Crippen LogP contribution is 2.33. The van der Waals surface area contributed by atoms with Gasteiger partial charge in [0.15, 0.2) is 0 Å². The molecule has 7 heteroatoms. The number of aliphatic imine (C=N–C) groups is 1. The number of nitrogens with zero attached hydrogens (tertiary/aromatic N) is 4. The number of hydrogen-bond acceptors (Lipinski definition) is 3. The predicted molar refractivity (Wildman–Crippen MR) is 71.2 cm³/mol. The van der Waals surface area contributed by atoms with Gasteiger partial charge in [-0.2, -0.15) is 9.79 Å². The number of aromatic nitrogens is 2. The molecule has 3 heterocycles. The molecule has 0 radical (unpaired) electrons. The Hall–Kier alpha value is -2.80. The highest BCUT2D eigenvalue weighted by atomic mass is 19.1. The topological polar surface area (TPSA) is 67.5 Å². The maximum Gasteiger partial charge on any atom is 0.525 e. The van der Waals surface area contributed by atoms with Gasteiger partial charge in [-0.15, -0.1) is 4.48 Å². The number of carbonyl (C=O) groups is 1.